The second-order valence-electron chi connectivity index (χ2n) is 7.30. The van der Waals surface area contributed by atoms with Crippen molar-refractivity contribution in [3.63, 3.8) is 0 Å². The highest BCUT2D eigenvalue weighted by Gasteiger charge is 2.38. The van der Waals surface area contributed by atoms with Crippen LogP contribution in [-0.4, -0.2) is 47.2 Å². The molecule has 1 saturated carbocycles. The largest absolute Gasteiger partial charge is 0.494 e. The third-order valence-electron chi connectivity index (χ3n) is 5.69. The van der Waals surface area contributed by atoms with Crippen LogP contribution in [0.4, 0.5) is 5.69 Å². The van der Waals surface area contributed by atoms with Gasteiger partial charge in [0.1, 0.15) is 0 Å². The van der Waals surface area contributed by atoms with Crippen LogP contribution < -0.4 is 10.1 Å². The highest BCUT2D eigenvalue weighted by molar-refractivity contribution is 6.02. The molecule has 8 nitrogen and oxygen atoms in total. The third-order valence-corrected chi connectivity index (χ3v) is 5.69. The van der Waals surface area contributed by atoms with Gasteiger partial charge in [-0.05, 0) is 48.1 Å². The Morgan fingerprint density at radius 2 is 1.78 bits per heavy atom. The van der Waals surface area contributed by atoms with Crippen molar-refractivity contribution in [2.24, 2.45) is 11.8 Å². The van der Waals surface area contributed by atoms with Gasteiger partial charge < -0.3 is 15.0 Å². The van der Waals surface area contributed by atoms with Crippen molar-refractivity contribution in [2.45, 2.75) is 38.5 Å². The minimum atomic E-state index is -0.316. The molecular formula is C19H24N4O4. The lowest BCUT2D eigenvalue weighted by molar-refractivity contribution is -0.141. The molecule has 1 aromatic heterocycles. The van der Waals surface area contributed by atoms with Crippen molar-refractivity contribution in [3.8, 4) is 5.75 Å². The van der Waals surface area contributed by atoms with E-state index in [1.807, 2.05) is 4.90 Å². The average Bonchev–Trinajstić information content (AvgIpc) is 3.40. The zero-order valence-electron chi connectivity index (χ0n) is 15.4. The number of ether oxygens (including phenoxy) is 1. The first-order valence-electron chi connectivity index (χ1n) is 9.58. The first kappa shape index (κ1) is 17.8. The summed E-state index contributed by atoms with van der Waals surface area (Å²) in [6, 6.07) is 3.44. The summed E-state index contributed by atoms with van der Waals surface area (Å²) in [6.07, 6.45) is 5.57. The molecular weight excluding hydrogens is 348 g/mol. The summed E-state index contributed by atoms with van der Waals surface area (Å²) < 4.78 is 10.1. The number of nitrogens with zero attached hydrogens (tertiary/aromatic N) is 3. The number of carbonyl (C=O) groups is 2. The van der Waals surface area contributed by atoms with Gasteiger partial charge in [-0.25, -0.2) is 4.63 Å². The van der Waals surface area contributed by atoms with Gasteiger partial charge in [0.25, 0.3) is 0 Å². The number of anilines is 1. The molecule has 0 unspecified atom stereocenters. The summed E-state index contributed by atoms with van der Waals surface area (Å²) in [5, 5.41) is 10.7. The standard InChI is InChI=1S/C19H24N4O4/c1-26-15-9-8-14(16-17(15)22-27-21-16)20-18(24)12-6-2-3-7-13(12)19(25)23-10-4-5-11-23/h8-9,12-13H,2-7,10-11H2,1H3,(H,20,24)/t12-,13+/m1/s1. The predicted octanol–water partition coefficient (Wildman–Crippen LogP) is 2.60. The van der Waals surface area contributed by atoms with E-state index >= 15 is 0 Å². The number of aromatic nitrogens is 2. The summed E-state index contributed by atoms with van der Waals surface area (Å²) in [5.74, 6) is -0.0223. The predicted molar refractivity (Wildman–Crippen MR) is 98.2 cm³/mol. The summed E-state index contributed by atoms with van der Waals surface area (Å²) in [6.45, 7) is 1.63. The lowest BCUT2D eigenvalue weighted by Gasteiger charge is -2.32. The molecule has 8 heteroatoms. The van der Waals surface area contributed by atoms with Crippen LogP contribution in [0.5, 0.6) is 5.75 Å². The van der Waals surface area contributed by atoms with Gasteiger partial charge in [-0.3, -0.25) is 9.59 Å². The Labute approximate surface area is 157 Å². The van der Waals surface area contributed by atoms with Gasteiger partial charge in [0.15, 0.2) is 16.8 Å². The van der Waals surface area contributed by atoms with Gasteiger partial charge in [-0.2, -0.15) is 0 Å². The molecule has 0 spiro atoms. The van der Waals surface area contributed by atoms with Gasteiger partial charge >= 0.3 is 0 Å². The molecule has 1 aliphatic heterocycles. The van der Waals surface area contributed by atoms with Gasteiger partial charge in [0.2, 0.25) is 11.8 Å². The Morgan fingerprint density at radius 1 is 1.07 bits per heavy atom. The fourth-order valence-corrected chi connectivity index (χ4v) is 4.25. The summed E-state index contributed by atoms with van der Waals surface area (Å²) in [4.78, 5) is 27.9. The maximum Gasteiger partial charge on any atom is 0.228 e. The number of hydrogen-bond donors (Lipinski definition) is 1. The molecule has 1 aromatic carbocycles. The van der Waals surface area contributed by atoms with E-state index in [1.165, 1.54) is 7.11 Å². The van der Waals surface area contributed by atoms with E-state index in [9.17, 15) is 9.59 Å². The van der Waals surface area contributed by atoms with Crippen LogP contribution in [0.2, 0.25) is 0 Å². The van der Waals surface area contributed by atoms with E-state index in [1.54, 1.807) is 12.1 Å². The smallest absolute Gasteiger partial charge is 0.228 e. The Bertz CT molecular complexity index is 843. The third kappa shape index (κ3) is 3.36. The average molecular weight is 372 g/mol. The van der Waals surface area contributed by atoms with Crippen molar-refractivity contribution in [3.05, 3.63) is 12.1 Å². The van der Waals surface area contributed by atoms with Crippen LogP contribution in [0.3, 0.4) is 0 Å². The monoisotopic (exact) mass is 372 g/mol. The lowest BCUT2D eigenvalue weighted by atomic mass is 9.77. The van der Waals surface area contributed by atoms with Gasteiger partial charge in [-0.1, -0.05) is 12.8 Å². The van der Waals surface area contributed by atoms with Crippen molar-refractivity contribution >= 4 is 28.5 Å². The van der Waals surface area contributed by atoms with Gasteiger partial charge in [-0.15, -0.1) is 0 Å². The number of amides is 2. The van der Waals surface area contributed by atoms with Crippen molar-refractivity contribution in [1.82, 2.24) is 15.2 Å². The van der Waals surface area contributed by atoms with Crippen LogP contribution in [0.15, 0.2) is 16.8 Å². The van der Waals surface area contributed by atoms with Crippen LogP contribution in [0.1, 0.15) is 38.5 Å². The normalized spacial score (nSPS) is 22.8. The molecule has 2 amide bonds. The first-order chi connectivity index (χ1) is 13.2. The van der Waals surface area contributed by atoms with Crippen molar-refractivity contribution < 1.29 is 19.0 Å². The van der Waals surface area contributed by atoms with E-state index in [4.69, 9.17) is 9.37 Å². The zero-order valence-corrected chi connectivity index (χ0v) is 15.4. The maximum absolute atomic E-state index is 13.0. The number of fused-ring (bicyclic) bond motifs is 1. The number of carbonyl (C=O) groups excluding carboxylic acids is 2. The van der Waals surface area contributed by atoms with Crippen LogP contribution in [-0.2, 0) is 9.59 Å². The van der Waals surface area contributed by atoms with E-state index < -0.39 is 0 Å². The Kier molecular flexibility index (Phi) is 4.96. The molecule has 1 saturated heterocycles. The van der Waals surface area contributed by atoms with E-state index in [-0.39, 0.29) is 23.7 Å². The molecule has 2 heterocycles. The minimum Gasteiger partial charge on any atom is -0.494 e. The molecule has 27 heavy (non-hydrogen) atoms. The molecule has 1 aliphatic carbocycles. The summed E-state index contributed by atoms with van der Waals surface area (Å²) in [7, 11) is 1.54. The summed E-state index contributed by atoms with van der Waals surface area (Å²) in [5.41, 5.74) is 1.43. The number of likely N-dealkylation sites (tertiary alicyclic amines) is 1. The second kappa shape index (κ2) is 7.54. The van der Waals surface area contributed by atoms with Gasteiger partial charge in [0.05, 0.1) is 12.8 Å². The summed E-state index contributed by atoms with van der Waals surface area (Å²) >= 11 is 0. The van der Waals surface area contributed by atoms with E-state index in [2.05, 4.69) is 15.6 Å². The molecule has 0 radical (unpaired) electrons. The molecule has 2 atom stereocenters. The number of rotatable bonds is 4. The Morgan fingerprint density at radius 3 is 2.52 bits per heavy atom. The molecule has 2 fully saturated rings. The quantitative estimate of drug-likeness (QED) is 0.886. The fourth-order valence-electron chi connectivity index (χ4n) is 4.25. The topological polar surface area (TPSA) is 97.6 Å². The van der Waals surface area contributed by atoms with Crippen LogP contribution in [0.25, 0.3) is 11.0 Å². The lowest BCUT2D eigenvalue weighted by Crippen LogP contribution is -2.42. The minimum absolute atomic E-state index is 0.135. The first-order valence-corrected chi connectivity index (χ1v) is 9.58. The van der Waals surface area contributed by atoms with E-state index in [0.717, 1.165) is 51.6 Å². The maximum atomic E-state index is 13.0. The molecule has 2 aromatic rings. The molecule has 0 bridgehead atoms. The Balaban J connectivity index is 1.54. The number of benzene rings is 1. The number of methoxy groups -OCH3 is 1. The van der Waals surface area contributed by atoms with Crippen LogP contribution in [0, 0.1) is 11.8 Å². The molecule has 2 aliphatic rings. The van der Waals surface area contributed by atoms with Crippen molar-refractivity contribution in [1.29, 1.82) is 0 Å². The second-order valence-corrected chi connectivity index (χ2v) is 7.30. The van der Waals surface area contributed by atoms with Crippen molar-refractivity contribution in [2.75, 3.05) is 25.5 Å². The van der Waals surface area contributed by atoms with Crippen LogP contribution >= 0.6 is 0 Å². The van der Waals surface area contributed by atoms with Gasteiger partial charge in [0, 0.05) is 24.9 Å². The number of nitrogens with one attached hydrogen (secondary N) is 1. The van der Waals surface area contributed by atoms with E-state index in [0.29, 0.717) is 22.5 Å². The highest BCUT2D eigenvalue weighted by Crippen LogP contribution is 2.35. The molecule has 144 valence electrons. The fraction of sp³-hybridized carbons (Fsp3) is 0.579. The molecule has 4 rings (SSSR count). The number of hydrogen-bond acceptors (Lipinski definition) is 6. The zero-order chi connectivity index (χ0) is 18.8. The highest BCUT2D eigenvalue weighted by atomic mass is 16.6. The SMILES string of the molecule is COc1ccc(NC(=O)[C@@H]2CCCC[C@@H]2C(=O)N2CCCC2)c2nonc12. The Hall–Kier alpha value is -2.64. The molecule has 1 N–H and O–H groups in total.